The molecule has 17 heavy (non-hydrogen) atoms. The molecule has 0 aliphatic carbocycles. The van der Waals surface area contributed by atoms with Gasteiger partial charge in [0.15, 0.2) is 0 Å². The molecule has 4 heteroatoms. The van der Waals surface area contributed by atoms with Crippen molar-refractivity contribution in [1.82, 2.24) is 5.32 Å². The zero-order valence-corrected chi connectivity index (χ0v) is 11.8. The Balaban J connectivity index is 2.96. The van der Waals surface area contributed by atoms with E-state index in [-0.39, 0.29) is 16.3 Å². The molecule has 0 aromatic heterocycles. The van der Waals surface area contributed by atoms with Crippen molar-refractivity contribution in [2.24, 2.45) is 0 Å². The van der Waals surface area contributed by atoms with E-state index in [0.717, 1.165) is 25.8 Å². The molecule has 0 spiro atoms. The summed E-state index contributed by atoms with van der Waals surface area (Å²) < 4.78 is 27.4. The first-order valence-electron chi connectivity index (χ1n) is 5.98. The van der Waals surface area contributed by atoms with E-state index in [1.165, 1.54) is 12.1 Å². The van der Waals surface area contributed by atoms with Crippen LogP contribution >= 0.6 is 15.9 Å². The lowest BCUT2D eigenvalue weighted by atomic mass is 10.0. The molecule has 0 aliphatic rings. The molecule has 1 unspecified atom stereocenters. The van der Waals surface area contributed by atoms with Gasteiger partial charge in [-0.2, -0.15) is 0 Å². The molecule has 0 aliphatic heterocycles. The predicted octanol–water partition coefficient (Wildman–Crippen LogP) is 4.57. The van der Waals surface area contributed by atoms with Gasteiger partial charge < -0.3 is 5.32 Å². The van der Waals surface area contributed by atoms with Gasteiger partial charge in [-0.15, -0.1) is 0 Å². The number of hydrogen-bond donors (Lipinski definition) is 1. The van der Waals surface area contributed by atoms with Crippen molar-refractivity contribution in [1.29, 1.82) is 0 Å². The number of rotatable bonds is 6. The average Bonchev–Trinajstić information content (AvgIpc) is 2.29. The van der Waals surface area contributed by atoms with Crippen molar-refractivity contribution in [2.75, 3.05) is 6.54 Å². The fraction of sp³-hybridized carbons (Fsp3) is 0.538. The van der Waals surface area contributed by atoms with E-state index in [1.54, 1.807) is 0 Å². The van der Waals surface area contributed by atoms with Crippen molar-refractivity contribution in [3.63, 3.8) is 0 Å². The lowest BCUT2D eigenvalue weighted by Crippen LogP contribution is -2.23. The lowest BCUT2D eigenvalue weighted by molar-refractivity contribution is 0.464. The summed E-state index contributed by atoms with van der Waals surface area (Å²) in [6.45, 7) is 4.89. The van der Waals surface area contributed by atoms with Crippen molar-refractivity contribution in [3.8, 4) is 0 Å². The number of nitrogens with one attached hydrogen (secondary N) is 1. The van der Waals surface area contributed by atoms with Crippen LogP contribution in [-0.2, 0) is 0 Å². The van der Waals surface area contributed by atoms with E-state index in [9.17, 15) is 8.78 Å². The Morgan fingerprint density at radius 3 is 2.47 bits per heavy atom. The summed E-state index contributed by atoms with van der Waals surface area (Å²) in [5.74, 6) is -0.777. The van der Waals surface area contributed by atoms with Crippen molar-refractivity contribution >= 4 is 15.9 Å². The fourth-order valence-electron chi connectivity index (χ4n) is 1.78. The van der Waals surface area contributed by atoms with E-state index in [1.807, 2.05) is 6.92 Å². The SMILES string of the molecule is CCCNC(CCC)c1cc(F)c(Br)cc1F. The molecule has 1 rings (SSSR count). The Bertz CT molecular complexity index is 369. The average molecular weight is 306 g/mol. The Kier molecular flexibility index (Phi) is 6.06. The van der Waals surface area contributed by atoms with Gasteiger partial charge in [0.1, 0.15) is 11.6 Å². The Morgan fingerprint density at radius 2 is 1.88 bits per heavy atom. The summed E-state index contributed by atoms with van der Waals surface area (Å²) in [5, 5.41) is 3.25. The van der Waals surface area contributed by atoms with Gasteiger partial charge in [-0.25, -0.2) is 8.78 Å². The molecule has 1 aromatic carbocycles. The zero-order chi connectivity index (χ0) is 12.8. The topological polar surface area (TPSA) is 12.0 Å². The van der Waals surface area contributed by atoms with E-state index in [4.69, 9.17) is 0 Å². The van der Waals surface area contributed by atoms with Gasteiger partial charge in [0.05, 0.1) is 4.47 Å². The largest absolute Gasteiger partial charge is 0.310 e. The van der Waals surface area contributed by atoms with Gasteiger partial charge in [0.25, 0.3) is 0 Å². The van der Waals surface area contributed by atoms with Gasteiger partial charge in [-0.1, -0.05) is 20.3 Å². The van der Waals surface area contributed by atoms with Crippen LogP contribution in [0.15, 0.2) is 16.6 Å². The van der Waals surface area contributed by atoms with Crippen LogP contribution in [-0.4, -0.2) is 6.54 Å². The fourth-order valence-corrected chi connectivity index (χ4v) is 2.10. The number of halogens is 3. The third-order valence-electron chi connectivity index (χ3n) is 2.63. The highest BCUT2D eigenvalue weighted by Gasteiger charge is 2.16. The highest BCUT2D eigenvalue weighted by Crippen LogP contribution is 2.26. The van der Waals surface area contributed by atoms with Crippen molar-refractivity contribution < 1.29 is 8.78 Å². The molecule has 1 N–H and O–H groups in total. The molecule has 96 valence electrons. The monoisotopic (exact) mass is 305 g/mol. The quantitative estimate of drug-likeness (QED) is 0.759. The molecule has 0 amide bonds. The summed E-state index contributed by atoms with van der Waals surface area (Å²) in [5.41, 5.74) is 0.418. The second-order valence-corrected chi connectivity index (χ2v) is 4.94. The van der Waals surface area contributed by atoms with E-state index in [2.05, 4.69) is 28.2 Å². The van der Waals surface area contributed by atoms with Gasteiger partial charge in [0.2, 0.25) is 0 Å². The van der Waals surface area contributed by atoms with Crippen LogP contribution in [0, 0.1) is 11.6 Å². The summed E-state index contributed by atoms with van der Waals surface area (Å²) in [6.07, 6.45) is 2.71. The Morgan fingerprint density at radius 1 is 1.18 bits per heavy atom. The molecule has 1 aromatic rings. The summed E-state index contributed by atoms with van der Waals surface area (Å²) in [6, 6.07) is 2.37. The maximum atomic E-state index is 13.8. The first kappa shape index (κ1) is 14.6. The third kappa shape index (κ3) is 4.03. The van der Waals surface area contributed by atoms with Gasteiger partial charge in [-0.05, 0) is 47.4 Å². The minimum Gasteiger partial charge on any atom is -0.310 e. The van der Waals surface area contributed by atoms with E-state index < -0.39 is 5.82 Å². The summed E-state index contributed by atoms with van der Waals surface area (Å²) in [4.78, 5) is 0. The van der Waals surface area contributed by atoms with Crippen LogP contribution in [0.1, 0.15) is 44.7 Å². The first-order valence-corrected chi connectivity index (χ1v) is 6.77. The second-order valence-electron chi connectivity index (χ2n) is 4.08. The molecule has 0 bridgehead atoms. The van der Waals surface area contributed by atoms with Crippen LogP contribution in [0.25, 0.3) is 0 Å². The molecule has 1 atom stereocenters. The standard InChI is InChI=1S/C13H18BrF2N/c1-3-5-13(17-6-4-2)9-7-12(16)10(14)8-11(9)15/h7-8,13,17H,3-6H2,1-2H3. The van der Waals surface area contributed by atoms with Crippen molar-refractivity contribution in [2.45, 2.75) is 39.2 Å². The van der Waals surface area contributed by atoms with Crippen LogP contribution in [0.4, 0.5) is 8.78 Å². The van der Waals surface area contributed by atoms with E-state index in [0.29, 0.717) is 5.56 Å². The van der Waals surface area contributed by atoms with Crippen molar-refractivity contribution in [3.05, 3.63) is 33.8 Å². The molecule has 1 nitrogen and oxygen atoms in total. The van der Waals surface area contributed by atoms with E-state index >= 15 is 0 Å². The predicted molar refractivity (Wildman–Crippen MR) is 70.0 cm³/mol. The molecule has 0 saturated heterocycles. The highest BCUT2D eigenvalue weighted by atomic mass is 79.9. The number of hydrogen-bond acceptors (Lipinski definition) is 1. The molecular weight excluding hydrogens is 288 g/mol. The van der Waals surface area contributed by atoms with Gasteiger partial charge in [-0.3, -0.25) is 0 Å². The molecular formula is C13H18BrF2N. The van der Waals surface area contributed by atoms with Gasteiger partial charge in [0, 0.05) is 11.6 Å². The molecule has 0 radical (unpaired) electrons. The zero-order valence-electron chi connectivity index (χ0n) is 10.2. The minimum atomic E-state index is -0.416. The van der Waals surface area contributed by atoms with Crippen LogP contribution < -0.4 is 5.32 Å². The van der Waals surface area contributed by atoms with Gasteiger partial charge >= 0.3 is 0 Å². The second kappa shape index (κ2) is 7.07. The Hall–Kier alpha value is -0.480. The number of benzene rings is 1. The first-order chi connectivity index (χ1) is 8.10. The molecule has 0 heterocycles. The highest BCUT2D eigenvalue weighted by molar-refractivity contribution is 9.10. The molecule has 0 fully saturated rings. The smallest absolute Gasteiger partial charge is 0.137 e. The molecule has 0 saturated carbocycles. The van der Waals surface area contributed by atoms with Crippen LogP contribution in [0.2, 0.25) is 0 Å². The third-order valence-corrected chi connectivity index (χ3v) is 3.24. The maximum absolute atomic E-state index is 13.8. The minimum absolute atomic E-state index is 0.109. The Labute approximate surface area is 110 Å². The lowest BCUT2D eigenvalue weighted by Gasteiger charge is -2.19. The maximum Gasteiger partial charge on any atom is 0.137 e. The normalized spacial score (nSPS) is 12.8. The summed E-state index contributed by atoms with van der Waals surface area (Å²) in [7, 11) is 0. The van der Waals surface area contributed by atoms with Crippen LogP contribution in [0.5, 0.6) is 0 Å². The summed E-state index contributed by atoms with van der Waals surface area (Å²) >= 11 is 2.99. The van der Waals surface area contributed by atoms with Crippen LogP contribution in [0.3, 0.4) is 0 Å².